The molecule has 276 valence electrons. The van der Waals surface area contributed by atoms with E-state index in [2.05, 4.69) is 4.72 Å². The Morgan fingerprint density at radius 1 is 0.902 bits per heavy atom. The van der Waals surface area contributed by atoms with Gasteiger partial charge in [-0.2, -0.15) is 4.57 Å². The number of benzene rings is 3. The fourth-order valence-electron chi connectivity index (χ4n) is 6.10. The molecule has 0 aliphatic heterocycles. The number of sulfonamides is 1. The molecule has 0 aliphatic rings. The van der Waals surface area contributed by atoms with Crippen LogP contribution in [0.5, 0.6) is 11.5 Å². The third-order valence-electron chi connectivity index (χ3n) is 8.46. The van der Waals surface area contributed by atoms with Crippen molar-refractivity contribution >= 4 is 53.9 Å². The number of fused-ring (bicyclic) bond motifs is 2. The van der Waals surface area contributed by atoms with E-state index < -0.39 is 37.8 Å². The highest BCUT2D eigenvalue weighted by Gasteiger charge is 2.28. The number of likely N-dealkylation sites (N-methyl/N-ethyl adjacent to an activating group) is 1. The van der Waals surface area contributed by atoms with E-state index in [0.29, 0.717) is 62.8 Å². The van der Waals surface area contributed by atoms with Gasteiger partial charge in [0, 0.05) is 30.7 Å². The van der Waals surface area contributed by atoms with Crippen molar-refractivity contribution in [2.45, 2.75) is 53.2 Å². The van der Waals surface area contributed by atoms with Crippen LogP contribution in [0.2, 0.25) is 0 Å². The number of carboxylic acid groups (broad SMARTS) is 1. The zero-order valence-electron chi connectivity index (χ0n) is 29.8. The Kier molecular flexibility index (Phi) is 12.5. The van der Waals surface area contributed by atoms with Gasteiger partial charge in [-0.3, -0.25) is 0 Å². The molecule has 0 bridgehead atoms. The molecule has 0 aliphatic carbocycles. The summed E-state index contributed by atoms with van der Waals surface area (Å²) >= 11 is 0. The quantitative estimate of drug-likeness (QED) is 0.0402. The van der Waals surface area contributed by atoms with Gasteiger partial charge in [0.05, 0.1) is 77.6 Å². The van der Waals surface area contributed by atoms with E-state index in [9.17, 15) is 36.1 Å². The lowest BCUT2D eigenvalue weighted by atomic mass is 10.0. The lowest BCUT2D eigenvalue weighted by Crippen LogP contribution is -2.46. The zero-order valence-corrected chi connectivity index (χ0v) is 31.4. The van der Waals surface area contributed by atoms with Crippen molar-refractivity contribution in [3.05, 3.63) is 76.9 Å². The van der Waals surface area contributed by atoms with Gasteiger partial charge in [0.2, 0.25) is 21.1 Å². The second-order valence-corrected chi connectivity index (χ2v) is 17.0. The number of carbonyl (C=O) groups excluding carboxylic acids is 1. The molecule has 4 aromatic rings. The van der Waals surface area contributed by atoms with E-state index >= 15 is 0 Å². The molecule has 13 nitrogen and oxygen atoms in total. The summed E-state index contributed by atoms with van der Waals surface area (Å²) in [7, 11) is -4.29. The number of aromatic carboxylic acids is 1. The van der Waals surface area contributed by atoms with Crippen LogP contribution in [-0.2, 0) is 26.7 Å². The summed E-state index contributed by atoms with van der Waals surface area (Å²) in [4.78, 5) is 25.7. The molecule has 3 aromatic carbocycles. The number of para-hydroxylation sites is 1. The molecule has 51 heavy (non-hydrogen) atoms. The molecule has 0 radical (unpaired) electrons. The van der Waals surface area contributed by atoms with Gasteiger partial charge in [0.1, 0.15) is 11.5 Å². The highest BCUT2D eigenvalue weighted by atomic mass is 32.2. The van der Waals surface area contributed by atoms with Gasteiger partial charge in [-0.15, -0.1) is 0 Å². The molecule has 0 unspecified atom stereocenters. The number of carbonyl (C=O) groups is 2. The van der Waals surface area contributed by atoms with E-state index in [1.165, 1.54) is 12.1 Å². The fraction of sp³-hybridized carbons (Fsp3) is 0.417. The molecule has 0 amide bonds. The highest BCUT2D eigenvalue weighted by Crippen LogP contribution is 2.32. The SMILES string of the molecule is Cc1cc(C(=O)O)cc(C)c1OC(=O)c1c2ccccc2[n+](CCCS(=O)(=O)NCC[N+](C)(C)CCCS(=O)(=O)[O-])c2ccc(OC(C)C)cc12. The van der Waals surface area contributed by atoms with Gasteiger partial charge in [-0.1, -0.05) is 12.1 Å². The van der Waals surface area contributed by atoms with Gasteiger partial charge < -0.3 is 23.6 Å². The minimum atomic E-state index is -4.30. The number of quaternary nitrogens is 1. The molecule has 4 rings (SSSR count). The number of rotatable bonds is 17. The molecule has 2 N–H and O–H groups in total. The van der Waals surface area contributed by atoms with E-state index in [4.69, 9.17) is 9.47 Å². The monoisotopic (exact) mass is 744 g/mol. The van der Waals surface area contributed by atoms with Gasteiger partial charge in [0.25, 0.3) is 0 Å². The van der Waals surface area contributed by atoms with Gasteiger partial charge in [-0.25, -0.2) is 31.1 Å². The Labute approximate surface area is 299 Å². The summed E-state index contributed by atoms with van der Waals surface area (Å²) in [5.41, 5.74) is 2.72. The largest absolute Gasteiger partial charge is 0.748 e. The summed E-state index contributed by atoms with van der Waals surface area (Å²) in [6, 6.07) is 15.6. The normalized spacial score (nSPS) is 12.5. The van der Waals surface area contributed by atoms with Crippen molar-refractivity contribution < 1.29 is 54.6 Å². The first-order valence-corrected chi connectivity index (χ1v) is 19.8. The summed E-state index contributed by atoms with van der Waals surface area (Å²) in [5, 5.41) is 10.6. The second kappa shape index (κ2) is 16.0. The minimum absolute atomic E-state index is 0.0869. The van der Waals surface area contributed by atoms with E-state index in [0.717, 1.165) is 0 Å². The van der Waals surface area contributed by atoms with Crippen molar-refractivity contribution in [1.29, 1.82) is 0 Å². The van der Waals surface area contributed by atoms with Crippen LogP contribution in [-0.4, -0.2) is 94.3 Å². The number of esters is 1. The van der Waals surface area contributed by atoms with Crippen molar-refractivity contribution in [2.24, 2.45) is 0 Å². The number of nitrogens with one attached hydrogen (secondary N) is 1. The molecular formula is C36H46N3O10S2+. The molecule has 0 atom stereocenters. The summed E-state index contributed by atoms with van der Waals surface area (Å²) in [5.74, 6) is -1.55. The molecule has 0 saturated carbocycles. The van der Waals surface area contributed by atoms with Crippen molar-refractivity contribution in [1.82, 2.24) is 4.72 Å². The number of ether oxygens (including phenoxy) is 2. The number of aryl methyl sites for hydroxylation is 3. The fourth-order valence-corrected chi connectivity index (χ4v) is 7.64. The average molecular weight is 745 g/mol. The van der Waals surface area contributed by atoms with Gasteiger partial charge in [0.15, 0.2) is 6.54 Å². The van der Waals surface area contributed by atoms with Crippen LogP contribution < -0.4 is 18.8 Å². The Balaban J connectivity index is 1.62. The molecule has 0 spiro atoms. The standard InChI is InChI=1S/C36H45N3O10S2/c1-24(2)48-28-13-14-32-30(23-28)33(36(42)49-34-25(3)21-27(35(40)41)22-26(34)4)29-11-7-8-12-31(29)38(32)16-9-19-50(43,44)37-15-18-39(5,6)17-10-20-51(45,46)47/h7-8,11-14,21-24,37H,9-10,15-20H2,1-6H3/p+1. The Hall–Kier alpha value is -4.15. The minimum Gasteiger partial charge on any atom is -0.748 e. The van der Waals surface area contributed by atoms with E-state index in [1.54, 1.807) is 38.1 Å². The maximum Gasteiger partial charge on any atom is 0.345 e. The van der Waals surface area contributed by atoms with Crippen LogP contribution in [0.25, 0.3) is 21.8 Å². The second-order valence-electron chi connectivity index (χ2n) is 13.6. The average Bonchev–Trinajstić information content (AvgIpc) is 3.00. The molecular weight excluding hydrogens is 699 g/mol. The topological polar surface area (TPSA) is 180 Å². The maximum absolute atomic E-state index is 14.1. The highest BCUT2D eigenvalue weighted by molar-refractivity contribution is 7.89. The van der Waals surface area contributed by atoms with E-state index in [-0.39, 0.29) is 48.1 Å². The maximum atomic E-state index is 14.1. The van der Waals surface area contributed by atoms with Crippen molar-refractivity contribution in [2.75, 3.05) is 45.2 Å². The Morgan fingerprint density at radius 2 is 1.55 bits per heavy atom. The van der Waals surface area contributed by atoms with Gasteiger partial charge >= 0.3 is 11.9 Å². The van der Waals surface area contributed by atoms with Crippen LogP contribution in [0.4, 0.5) is 0 Å². The van der Waals surface area contributed by atoms with E-state index in [1.807, 2.05) is 50.7 Å². The van der Waals surface area contributed by atoms with Crippen LogP contribution >= 0.6 is 0 Å². The molecule has 15 heteroatoms. The third-order valence-corrected chi connectivity index (χ3v) is 10.7. The Morgan fingerprint density at radius 3 is 2.18 bits per heavy atom. The van der Waals surface area contributed by atoms with Crippen LogP contribution in [0.1, 0.15) is 58.5 Å². The Bertz CT molecular complexity index is 2140. The predicted molar refractivity (Wildman–Crippen MR) is 193 cm³/mol. The summed E-state index contributed by atoms with van der Waals surface area (Å²) < 4.78 is 75.7. The van der Waals surface area contributed by atoms with Crippen molar-refractivity contribution in [3.63, 3.8) is 0 Å². The summed E-state index contributed by atoms with van der Waals surface area (Å²) in [6.45, 7) is 8.40. The third kappa shape index (κ3) is 10.7. The smallest absolute Gasteiger partial charge is 0.345 e. The molecule has 0 saturated heterocycles. The first-order chi connectivity index (χ1) is 23.8. The van der Waals surface area contributed by atoms with Crippen molar-refractivity contribution in [3.8, 4) is 11.5 Å². The van der Waals surface area contributed by atoms with Crippen LogP contribution in [0.15, 0.2) is 54.6 Å². The predicted octanol–water partition coefficient (Wildman–Crippen LogP) is 3.92. The summed E-state index contributed by atoms with van der Waals surface area (Å²) in [6.07, 6.45) is 0.298. The van der Waals surface area contributed by atoms with Gasteiger partial charge in [-0.05, 0) is 69.2 Å². The first kappa shape index (κ1) is 39.6. The number of pyridine rings is 1. The molecule has 0 fully saturated rings. The zero-order chi connectivity index (χ0) is 37.7. The first-order valence-electron chi connectivity index (χ1n) is 16.6. The lowest BCUT2D eigenvalue weighted by Gasteiger charge is -2.30. The number of nitrogens with zero attached hydrogens (tertiary/aromatic N) is 2. The molecule has 1 heterocycles. The number of aromatic nitrogens is 1. The lowest BCUT2D eigenvalue weighted by molar-refractivity contribution is -0.889. The number of carboxylic acids is 1. The van der Waals surface area contributed by atoms with Crippen LogP contribution in [0.3, 0.4) is 0 Å². The number of hydrogen-bond donors (Lipinski definition) is 2. The van der Waals surface area contributed by atoms with Crippen LogP contribution in [0, 0.1) is 13.8 Å². The number of hydrogen-bond acceptors (Lipinski definition) is 9. The molecule has 1 aromatic heterocycles.